The molecule has 0 aliphatic rings. The fraction of sp³-hybridized carbons (Fsp3) is 0. The smallest absolute Gasteiger partial charge is 0.330 e. The van der Waals surface area contributed by atoms with Crippen molar-refractivity contribution in [2.75, 3.05) is 0 Å². The van der Waals surface area contributed by atoms with E-state index in [0.717, 1.165) is 0 Å². The van der Waals surface area contributed by atoms with Crippen molar-refractivity contribution in [1.82, 2.24) is 0 Å². The molecule has 61 valence electrons. The first kappa shape index (κ1) is 9.20. The minimum absolute atomic E-state index is 0.596. The maximum atomic E-state index is 5.52. The van der Waals surface area contributed by atoms with E-state index in [1.165, 1.54) is 0 Å². The van der Waals surface area contributed by atoms with Gasteiger partial charge in [0, 0.05) is 0 Å². The van der Waals surface area contributed by atoms with Gasteiger partial charge in [-0.1, -0.05) is 18.2 Å². The van der Waals surface area contributed by atoms with Crippen molar-refractivity contribution in [2.24, 2.45) is 0 Å². The Balaban J connectivity index is 2.66. The van der Waals surface area contributed by atoms with Crippen LogP contribution in [0.1, 0.15) is 0 Å². The summed E-state index contributed by atoms with van der Waals surface area (Å²) in [5.74, 6) is 0.596. The Morgan fingerprint density at radius 3 is 2.00 bits per heavy atom. The number of hydrogen-bond acceptors (Lipinski definition) is 1. The molecule has 0 radical (unpaired) electrons. The number of hydrogen-bond donors (Lipinski definition) is 0. The minimum atomic E-state index is -2.98. The molecule has 1 rings (SSSR count). The monoisotopic (exact) mass is 226 g/mol. The summed E-state index contributed by atoms with van der Waals surface area (Å²) in [5, 5.41) is 0. The summed E-state index contributed by atoms with van der Waals surface area (Å²) < 4.78 is 5.04. The molecule has 0 aromatic heterocycles. The molecule has 1 nitrogen and oxygen atoms in total. The summed E-state index contributed by atoms with van der Waals surface area (Å²) in [6.45, 7) is 0. The predicted octanol–water partition coefficient (Wildman–Crippen LogP) is 3.22. The van der Waals surface area contributed by atoms with Gasteiger partial charge in [-0.05, 0) is 12.1 Å². The summed E-state index contributed by atoms with van der Waals surface area (Å²) in [7, 11) is 0. The zero-order chi connectivity index (χ0) is 8.32. The minimum Gasteiger partial charge on any atom is -0.659 e. The highest BCUT2D eigenvalue weighted by molar-refractivity contribution is 7.62. The Hall–Kier alpha value is 0.107. The number of para-hydroxylation sites is 1. The zero-order valence-corrected chi connectivity index (χ0v) is 8.70. The van der Waals surface area contributed by atoms with E-state index in [1.54, 1.807) is 12.1 Å². The number of halogens is 3. The molecule has 0 bridgehead atoms. The van der Waals surface area contributed by atoms with Crippen LogP contribution in [0.5, 0.6) is 5.75 Å². The highest BCUT2D eigenvalue weighted by Gasteiger charge is 2.11. The second-order valence-electron chi connectivity index (χ2n) is 1.86. The molecule has 0 N–H and O–H groups in total. The van der Waals surface area contributed by atoms with E-state index in [-0.39, 0.29) is 0 Å². The second-order valence-corrected chi connectivity index (χ2v) is 9.49. The topological polar surface area (TPSA) is 9.23 Å². The van der Waals surface area contributed by atoms with Gasteiger partial charge in [0.05, 0.1) is 5.75 Å². The maximum Gasteiger partial charge on any atom is 0.330 e. The van der Waals surface area contributed by atoms with Crippen molar-refractivity contribution in [1.29, 1.82) is 0 Å². The van der Waals surface area contributed by atoms with Crippen LogP contribution in [0, 0.1) is 0 Å². The van der Waals surface area contributed by atoms with Crippen LogP contribution in [-0.4, -0.2) is 6.25 Å². The summed E-state index contributed by atoms with van der Waals surface area (Å²) in [6, 6.07) is 9.00. The summed E-state index contributed by atoms with van der Waals surface area (Å²) >= 11 is 16.5. The molecule has 0 amide bonds. The van der Waals surface area contributed by atoms with Gasteiger partial charge in [0.2, 0.25) is 0 Å². The summed E-state index contributed by atoms with van der Waals surface area (Å²) in [5.41, 5.74) is 0. The molecule has 0 aliphatic carbocycles. The van der Waals surface area contributed by atoms with Gasteiger partial charge in [0.25, 0.3) is 0 Å². The molecule has 0 heterocycles. The number of benzene rings is 1. The lowest BCUT2D eigenvalue weighted by Crippen LogP contribution is -2.19. The molecule has 1 aromatic rings. The lowest BCUT2D eigenvalue weighted by atomic mass is 10.3. The third-order valence-corrected chi connectivity index (χ3v) is 2.14. The van der Waals surface area contributed by atoms with Gasteiger partial charge in [-0.3, -0.25) is 33.2 Å². The SMILES string of the molecule is Cl[Si-](Cl)(Cl)Oc1ccccc1. The molecule has 0 spiro atoms. The first-order chi connectivity index (χ1) is 5.08. The van der Waals surface area contributed by atoms with Crippen LogP contribution in [0.2, 0.25) is 0 Å². The Morgan fingerprint density at radius 1 is 1.00 bits per heavy atom. The highest BCUT2D eigenvalue weighted by Crippen LogP contribution is 2.24. The van der Waals surface area contributed by atoms with Gasteiger partial charge in [-0.15, -0.1) is 0 Å². The van der Waals surface area contributed by atoms with Crippen molar-refractivity contribution in [3.05, 3.63) is 30.3 Å². The van der Waals surface area contributed by atoms with E-state index in [9.17, 15) is 0 Å². The Bertz CT molecular complexity index is 221. The fourth-order valence-corrected chi connectivity index (χ4v) is 1.83. The number of rotatable bonds is 2. The molecule has 0 saturated heterocycles. The van der Waals surface area contributed by atoms with E-state index in [4.69, 9.17) is 37.7 Å². The normalized spacial score (nSPS) is 11.2. The maximum absolute atomic E-state index is 5.52. The van der Waals surface area contributed by atoms with Crippen LogP contribution >= 0.6 is 33.2 Å². The van der Waals surface area contributed by atoms with E-state index in [1.807, 2.05) is 18.2 Å². The molecular weight excluding hydrogens is 223 g/mol. The van der Waals surface area contributed by atoms with Crippen molar-refractivity contribution in [3.8, 4) is 5.75 Å². The molecule has 0 saturated carbocycles. The van der Waals surface area contributed by atoms with Gasteiger partial charge in [-0.2, -0.15) is 0 Å². The van der Waals surface area contributed by atoms with Crippen molar-refractivity contribution >= 4 is 39.5 Å². The fourth-order valence-electron chi connectivity index (χ4n) is 0.622. The summed E-state index contributed by atoms with van der Waals surface area (Å²) in [6.07, 6.45) is -2.98. The third kappa shape index (κ3) is 3.87. The first-order valence-corrected chi connectivity index (χ1v) is 7.83. The molecule has 5 heteroatoms. The molecule has 0 fully saturated rings. The van der Waals surface area contributed by atoms with Gasteiger partial charge >= 0.3 is 6.25 Å². The largest absolute Gasteiger partial charge is 0.659 e. The molecule has 0 unspecified atom stereocenters. The van der Waals surface area contributed by atoms with Crippen molar-refractivity contribution in [3.63, 3.8) is 0 Å². The van der Waals surface area contributed by atoms with Gasteiger partial charge < -0.3 is 4.43 Å². The average Bonchev–Trinajstić information content (AvgIpc) is 1.85. The molecular formula is C6H5Cl3OSi-. The van der Waals surface area contributed by atoms with E-state index >= 15 is 0 Å². The van der Waals surface area contributed by atoms with Gasteiger partial charge in [0.1, 0.15) is 0 Å². The van der Waals surface area contributed by atoms with E-state index in [2.05, 4.69) is 0 Å². The van der Waals surface area contributed by atoms with Gasteiger partial charge in [0.15, 0.2) is 0 Å². The van der Waals surface area contributed by atoms with Crippen LogP contribution in [0.4, 0.5) is 0 Å². The van der Waals surface area contributed by atoms with Crippen LogP contribution in [0.25, 0.3) is 0 Å². The van der Waals surface area contributed by atoms with Crippen LogP contribution in [0.3, 0.4) is 0 Å². The standard InChI is InChI=1S/C6H5Cl3OSi/c7-11(8,9)10-6-4-2-1-3-5-6/h1-5H/q-1. The Morgan fingerprint density at radius 2 is 1.55 bits per heavy atom. The molecule has 0 aliphatic heterocycles. The lowest BCUT2D eigenvalue weighted by Gasteiger charge is -2.24. The Labute approximate surface area is 80.1 Å². The molecule has 11 heavy (non-hydrogen) atoms. The third-order valence-electron chi connectivity index (χ3n) is 0.977. The van der Waals surface area contributed by atoms with E-state index < -0.39 is 6.25 Å². The van der Waals surface area contributed by atoms with Crippen molar-refractivity contribution in [2.45, 2.75) is 0 Å². The molecule has 1 aromatic carbocycles. The van der Waals surface area contributed by atoms with Crippen LogP contribution in [0.15, 0.2) is 30.3 Å². The van der Waals surface area contributed by atoms with Crippen LogP contribution < -0.4 is 4.43 Å². The highest BCUT2D eigenvalue weighted by atomic mass is 35.8. The summed E-state index contributed by atoms with van der Waals surface area (Å²) in [4.78, 5) is 0. The predicted molar refractivity (Wildman–Crippen MR) is 50.4 cm³/mol. The first-order valence-electron chi connectivity index (χ1n) is 2.89. The van der Waals surface area contributed by atoms with Gasteiger partial charge in [-0.25, -0.2) is 0 Å². The van der Waals surface area contributed by atoms with Crippen molar-refractivity contribution < 1.29 is 4.43 Å². The zero-order valence-electron chi connectivity index (χ0n) is 5.43. The van der Waals surface area contributed by atoms with Crippen LogP contribution in [-0.2, 0) is 0 Å². The quantitative estimate of drug-likeness (QED) is 0.557. The lowest BCUT2D eigenvalue weighted by molar-refractivity contribution is 0.596. The van der Waals surface area contributed by atoms with E-state index in [0.29, 0.717) is 5.75 Å². The molecule has 0 atom stereocenters. The second kappa shape index (κ2) is 3.67. The Kier molecular flexibility index (Phi) is 3.07. The average molecular weight is 228 g/mol.